The highest BCUT2D eigenvalue weighted by Gasteiger charge is 2.29. The van der Waals surface area contributed by atoms with Crippen molar-refractivity contribution in [3.8, 4) is 0 Å². The van der Waals surface area contributed by atoms with Crippen molar-refractivity contribution in [2.75, 3.05) is 39.3 Å². The van der Waals surface area contributed by atoms with Crippen LogP contribution in [0.4, 0.5) is 0 Å². The lowest BCUT2D eigenvalue weighted by Crippen LogP contribution is -2.51. The van der Waals surface area contributed by atoms with Crippen LogP contribution in [-0.4, -0.2) is 61.2 Å². The van der Waals surface area contributed by atoms with Gasteiger partial charge in [-0.05, 0) is 38.6 Å². The summed E-state index contributed by atoms with van der Waals surface area (Å²) in [4.78, 5) is 5.43. The van der Waals surface area contributed by atoms with Gasteiger partial charge in [-0.1, -0.05) is 20.3 Å². The molecule has 0 bridgehead atoms. The summed E-state index contributed by atoms with van der Waals surface area (Å²) in [6.07, 6.45) is 4.20. The molecule has 0 radical (unpaired) electrons. The van der Waals surface area contributed by atoms with Crippen molar-refractivity contribution in [3.05, 3.63) is 0 Å². The van der Waals surface area contributed by atoms with E-state index in [0.717, 1.165) is 19.1 Å². The van der Waals surface area contributed by atoms with Crippen LogP contribution >= 0.6 is 0 Å². The Morgan fingerprint density at radius 2 is 2.00 bits per heavy atom. The van der Waals surface area contributed by atoms with Gasteiger partial charge in [0.2, 0.25) is 0 Å². The second-order valence-corrected chi connectivity index (χ2v) is 7.56. The molecule has 2 saturated heterocycles. The Hall–Kier alpha value is -0.120. The number of hydrogen-bond donors (Lipinski definition) is 1. The van der Waals surface area contributed by atoms with Crippen LogP contribution in [0.3, 0.4) is 0 Å². The van der Waals surface area contributed by atoms with Crippen molar-refractivity contribution < 1.29 is 0 Å². The van der Waals surface area contributed by atoms with E-state index in [2.05, 4.69) is 42.8 Å². The molecule has 1 N–H and O–H groups in total. The summed E-state index contributed by atoms with van der Waals surface area (Å²) in [5.41, 5.74) is 0.411. The molecule has 0 saturated carbocycles. The summed E-state index contributed by atoms with van der Waals surface area (Å²) in [5, 5.41) is 3.58. The minimum atomic E-state index is 0.411. The van der Waals surface area contributed by atoms with Crippen LogP contribution in [0.1, 0.15) is 47.0 Å². The van der Waals surface area contributed by atoms with Gasteiger partial charge in [0.15, 0.2) is 0 Å². The summed E-state index contributed by atoms with van der Waals surface area (Å²) in [6, 6.07) is 1.48. The number of piperidine rings is 1. The Balaban J connectivity index is 1.94. The van der Waals surface area contributed by atoms with Crippen LogP contribution in [0.15, 0.2) is 0 Å². The Labute approximate surface area is 119 Å². The molecule has 0 aromatic heterocycles. The Morgan fingerprint density at radius 3 is 2.74 bits per heavy atom. The van der Waals surface area contributed by atoms with E-state index in [1.54, 1.807) is 0 Å². The van der Waals surface area contributed by atoms with E-state index >= 15 is 0 Å². The van der Waals surface area contributed by atoms with Crippen molar-refractivity contribution in [2.45, 2.75) is 59.0 Å². The summed E-state index contributed by atoms with van der Waals surface area (Å²) in [7, 11) is 0. The number of rotatable bonds is 3. The first-order valence-electron chi connectivity index (χ1n) is 8.17. The molecule has 19 heavy (non-hydrogen) atoms. The predicted octanol–water partition coefficient (Wildman–Crippen LogP) is 2.18. The lowest BCUT2D eigenvalue weighted by Gasteiger charge is -2.42. The smallest absolute Gasteiger partial charge is 0.0225 e. The average Bonchev–Trinajstić information content (AvgIpc) is 2.50. The van der Waals surface area contributed by atoms with E-state index in [9.17, 15) is 0 Å². The third kappa shape index (κ3) is 4.44. The van der Waals surface area contributed by atoms with Gasteiger partial charge in [-0.3, -0.25) is 9.80 Å². The van der Waals surface area contributed by atoms with Gasteiger partial charge in [0.25, 0.3) is 0 Å². The number of likely N-dealkylation sites (tertiary alicyclic amines) is 1. The molecule has 0 aromatic rings. The Morgan fingerprint density at radius 1 is 1.21 bits per heavy atom. The summed E-state index contributed by atoms with van der Waals surface area (Å²) in [6.45, 7) is 16.8. The molecule has 3 nitrogen and oxygen atoms in total. The minimum absolute atomic E-state index is 0.411. The molecule has 1 unspecified atom stereocenters. The first-order chi connectivity index (χ1) is 8.98. The van der Waals surface area contributed by atoms with Gasteiger partial charge < -0.3 is 5.32 Å². The lowest BCUT2D eigenvalue weighted by atomic mass is 9.92. The topological polar surface area (TPSA) is 18.5 Å². The second-order valence-electron chi connectivity index (χ2n) is 7.56. The fourth-order valence-corrected chi connectivity index (χ4v) is 3.76. The van der Waals surface area contributed by atoms with Crippen LogP contribution in [-0.2, 0) is 0 Å². The molecule has 2 heterocycles. The van der Waals surface area contributed by atoms with E-state index < -0.39 is 0 Å². The van der Waals surface area contributed by atoms with Gasteiger partial charge in [-0.25, -0.2) is 0 Å². The molecule has 2 rings (SSSR count). The minimum Gasteiger partial charge on any atom is -0.315 e. The third-order valence-electron chi connectivity index (χ3n) is 4.66. The molecule has 2 aliphatic heterocycles. The Bertz CT molecular complexity index is 275. The number of nitrogens with one attached hydrogen (secondary N) is 1. The van der Waals surface area contributed by atoms with Crippen LogP contribution in [0.5, 0.6) is 0 Å². The molecule has 3 heteroatoms. The van der Waals surface area contributed by atoms with Gasteiger partial charge in [0.1, 0.15) is 0 Å². The second kappa shape index (κ2) is 6.55. The standard InChI is InChI=1S/C16H33N3/c1-14(2)19-9-6-5-7-15(19)11-18-10-8-17-12-16(3,4)13-18/h14-15,17H,5-13H2,1-4H3. The molecule has 2 fully saturated rings. The van der Waals surface area contributed by atoms with Gasteiger partial charge in [0.05, 0.1) is 0 Å². The maximum Gasteiger partial charge on any atom is 0.0225 e. The highest BCUT2D eigenvalue weighted by molar-refractivity contribution is 4.86. The number of hydrogen-bond acceptors (Lipinski definition) is 3. The monoisotopic (exact) mass is 267 g/mol. The van der Waals surface area contributed by atoms with E-state index in [1.165, 1.54) is 45.4 Å². The predicted molar refractivity (Wildman–Crippen MR) is 82.6 cm³/mol. The molecule has 112 valence electrons. The molecule has 0 aliphatic carbocycles. The molecular weight excluding hydrogens is 234 g/mol. The fourth-order valence-electron chi connectivity index (χ4n) is 3.76. The van der Waals surface area contributed by atoms with Crippen LogP contribution in [0, 0.1) is 5.41 Å². The van der Waals surface area contributed by atoms with Crippen molar-refractivity contribution in [2.24, 2.45) is 5.41 Å². The van der Waals surface area contributed by atoms with Gasteiger partial charge in [-0.2, -0.15) is 0 Å². The number of nitrogens with zero attached hydrogens (tertiary/aromatic N) is 2. The summed E-state index contributed by atoms with van der Waals surface area (Å²) < 4.78 is 0. The van der Waals surface area contributed by atoms with Crippen LogP contribution < -0.4 is 5.32 Å². The fraction of sp³-hybridized carbons (Fsp3) is 1.00. The van der Waals surface area contributed by atoms with Crippen LogP contribution in [0.2, 0.25) is 0 Å². The summed E-state index contributed by atoms with van der Waals surface area (Å²) >= 11 is 0. The largest absolute Gasteiger partial charge is 0.315 e. The zero-order valence-corrected chi connectivity index (χ0v) is 13.4. The third-order valence-corrected chi connectivity index (χ3v) is 4.66. The van der Waals surface area contributed by atoms with Gasteiger partial charge in [0, 0.05) is 44.8 Å². The van der Waals surface area contributed by atoms with E-state index in [1.807, 2.05) is 0 Å². The SMILES string of the molecule is CC(C)N1CCCCC1CN1CCNCC(C)(C)C1. The van der Waals surface area contributed by atoms with E-state index in [0.29, 0.717) is 11.5 Å². The van der Waals surface area contributed by atoms with Crippen molar-refractivity contribution in [1.29, 1.82) is 0 Å². The first kappa shape index (κ1) is 15.3. The molecule has 0 amide bonds. The van der Waals surface area contributed by atoms with E-state index in [4.69, 9.17) is 0 Å². The zero-order chi connectivity index (χ0) is 13.9. The lowest BCUT2D eigenvalue weighted by molar-refractivity contribution is 0.0705. The molecular formula is C16H33N3. The average molecular weight is 267 g/mol. The highest BCUT2D eigenvalue weighted by atomic mass is 15.2. The first-order valence-corrected chi connectivity index (χ1v) is 8.17. The van der Waals surface area contributed by atoms with E-state index in [-0.39, 0.29) is 0 Å². The quantitative estimate of drug-likeness (QED) is 0.845. The molecule has 0 aromatic carbocycles. The normalized spacial score (nSPS) is 30.5. The van der Waals surface area contributed by atoms with Gasteiger partial charge in [-0.15, -0.1) is 0 Å². The van der Waals surface area contributed by atoms with Crippen molar-refractivity contribution in [1.82, 2.24) is 15.1 Å². The molecule has 2 aliphatic rings. The summed E-state index contributed by atoms with van der Waals surface area (Å²) in [5.74, 6) is 0. The van der Waals surface area contributed by atoms with Crippen LogP contribution in [0.25, 0.3) is 0 Å². The molecule has 1 atom stereocenters. The maximum absolute atomic E-state index is 3.58. The van der Waals surface area contributed by atoms with Gasteiger partial charge >= 0.3 is 0 Å². The molecule has 0 spiro atoms. The Kier molecular flexibility index (Phi) is 5.27. The zero-order valence-electron chi connectivity index (χ0n) is 13.4. The van der Waals surface area contributed by atoms with Crippen molar-refractivity contribution in [3.63, 3.8) is 0 Å². The maximum atomic E-state index is 3.58. The highest BCUT2D eigenvalue weighted by Crippen LogP contribution is 2.23. The van der Waals surface area contributed by atoms with Crippen molar-refractivity contribution >= 4 is 0 Å².